The lowest BCUT2D eigenvalue weighted by atomic mass is 10.3. The maximum atomic E-state index is 10.7. The van der Waals surface area contributed by atoms with Crippen LogP contribution in [0.4, 0.5) is 0 Å². The highest BCUT2D eigenvalue weighted by molar-refractivity contribution is 5.69. The van der Waals surface area contributed by atoms with Crippen molar-refractivity contribution >= 4 is 11.6 Å². The summed E-state index contributed by atoms with van der Waals surface area (Å²) in [6.45, 7) is 6.41. The van der Waals surface area contributed by atoms with Crippen molar-refractivity contribution in [3.8, 4) is 0 Å². The Morgan fingerprint density at radius 2 is 2.00 bits per heavy atom. The average Bonchev–Trinajstić information content (AvgIpc) is 2.84. The third-order valence-corrected chi connectivity index (χ3v) is 3.94. The van der Waals surface area contributed by atoms with Gasteiger partial charge in [0, 0.05) is 45.1 Å². The highest BCUT2D eigenvalue weighted by atomic mass is 16.4. The van der Waals surface area contributed by atoms with E-state index in [1.54, 1.807) is 0 Å². The van der Waals surface area contributed by atoms with Gasteiger partial charge in [0.1, 0.15) is 5.65 Å². The van der Waals surface area contributed by atoms with E-state index in [-0.39, 0.29) is 6.54 Å². The number of hydrogen-bond donors (Lipinski definition) is 1. The van der Waals surface area contributed by atoms with Gasteiger partial charge < -0.3 is 9.51 Å². The number of piperazine rings is 1. The first-order valence-corrected chi connectivity index (χ1v) is 7.21. The minimum absolute atomic E-state index is 0.140. The molecule has 1 aliphatic rings. The van der Waals surface area contributed by atoms with Gasteiger partial charge in [-0.15, -0.1) is 0 Å². The van der Waals surface area contributed by atoms with Crippen molar-refractivity contribution in [1.29, 1.82) is 0 Å². The number of hydrogen-bond acceptors (Lipinski definition) is 4. The van der Waals surface area contributed by atoms with Crippen LogP contribution in [0.15, 0.2) is 24.5 Å². The van der Waals surface area contributed by atoms with E-state index in [0.717, 1.165) is 44.1 Å². The third kappa shape index (κ3) is 3.22. The molecule has 6 nitrogen and oxygen atoms in total. The van der Waals surface area contributed by atoms with E-state index in [1.165, 1.54) is 5.56 Å². The van der Waals surface area contributed by atoms with Crippen LogP contribution in [0.5, 0.6) is 0 Å². The molecule has 6 heteroatoms. The van der Waals surface area contributed by atoms with Gasteiger partial charge in [-0.2, -0.15) is 0 Å². The van der Waals surface area contributed by atoms with Crippen molar-refractivity contribution in [3.05, 3.63) is 35.8 Å². The Balaban J connectivity index is 1.62. The molecule has 0 aromatic carbocycles. The number of nitrogens with zero attached hydrogens (tertiary/aromatic N) is 4. The Labute approximate surface area is 123 Å². The summed E-state index contributed by atoms with van der Waals surface area (Å²) in [4.78, 5) is 19.7. The molecule has 3 heterocycles. The molecule has 1 fully saturated rings. The number of carboxylic acid groups (broad SMARTS) is 1. The maximum Gasteiger partial charge on any atom is 0.317 e. The van der Waals surface area contributed by atoms with Crippen LogP contribution in [0.25, 0.3) is 5.65 Å². The van der Waals surface area contributed by atoms with Gasteiger partial charge in [0.05, 0.1) is 12.2 Å². The fourth-order valence-corrected chi connectivity index (χ4v) is 2.81. The Hall–Kier alpha value is -1.92. The van der Waals surface area contributed by atoms with Crippen LogP contribution in [0, 0.1) is 6.92 Å². The van der Waals surface area contributed by atoms with Gasteiger partial charge in [-0.3, -0.25) is 14.6 Å². The molecule has 0 spiro atoms. The molecule has 0 unspecified atom stereocenters. The highest BCUT2D eigenvalue weighted by Gasteiger charge is 2.19. The Kier molecular flexibility index (Phi) is 3.90. The molecule has 2 aromatic rings. The standard InChI is InChI=1S/C15H20N4O2/c1-12-3-2-4-19-10-13(16-15(12)19)9-17-5-7-18(8-6-17)11-14(20)21/h2-4,10H,5-9,11H2,1H3,(H,20,21). The zero-order chi connectivity index (χ0) is 14.8. The van der Waals surface area contributed by atoms with E-state index >= 15 is 0 Å². The molecule has 1 saturated heterocycles. The first kappa shape index (κ1) is 14.0. The van der Waals surface area contributed by atoms with Crippen LogP contribution in [0.3, 0.4) is 0 Å². The van der Waals surface area contributed by atoms with Crippen LogP contribution in [0.1, 0.15) is 11.3 Å². The van der Waals surface area contributed by atoms with Gasteiger partial charge in [0.2, 0.25) is 0 Å². The predicted octanol–water partition coefficient (Wildman–Crippen LogP) is 0.845. The first-order valence-electron chi connectivity index (χ1n) is 7.21. The minimum atomic E-state index is -0.751. The van der Waals surface area contributed by atoms with E-state index in [2.05, 4.69) is 33.5 Å². The quantitative estimate of drug-likeness (QED) is 0.903. The molecule has 3 rings (SSSR count). The van der Waals surface area contributed by atoms with Gasteiger partial charge in [-0.25, -0.2) is 4.98 Å². The van der Waals surface area contributed by atoms with Crippen LogP contribution in [-0.4, -0.2) is 63.0 Å². The fraction of sp³-hybridized carbons (Fsp3) is 0.467. The molecule has 0 radical (unpaired) electrons. The van der Waals surface area contributed by atoms with E-state index < -0.39 is 5.97 Å². The molecule has 112 valence electrons. The lowest BCUT2D eigenvalue weighted by Crippen LogP contribution is -2.47. The molecule has 0 atom stereocenters. The van der Waals surface area contributed by atoms with Gasteiger partial charge in [0.25, 0.3) is 0 Å². The summed E-state index contributed by atoms with van der Waals surface area (Å²) < 4.78 is 2.06. The summed E-state index contributed by atoms with van der Waals surface area (Å²) in [5, 5.41) is 8.81. The highest BCUT2D eigenvalue weighted by Crippen LogP contribution is 2.12. The largest absolute Gasteiger partial charge is 0.480 e. The molecular weight excluding hydrogens is 268 g/mol. The summed E-state index contributed by atoms with van der Waals surface area (Å²) >= 11 is 0. The predicted molar refractivity (Wildman–Crippen MR) is 79.3 cm³/mol. The normalized spacial score (nSPS) is 17.4. The molecular formula is C15H20N4O2. The zero-order valence-electron chi connectivity index (χ0n) is 12.2. The van der Waals surface area contributed by atoms with Crippen molar-refractivity contribution in [1.82, 2.24) is 19.2 Å². The van der Waals surface area contributed by atoms with Crippen LogP contribution >= 0.6 is 0 Å². The molecule has 21 heavy (non-hydrogen) atoms. The first-order chi connectivity index (χ1) is 10.1. The lowest BCUT2D eigenvalue weighted by Gasteiger charge is -2.33. The van der Waals surface area contributed by atoms with Crippen molar-refractivity contribution in [2.75, 3.05) is 32.7 Å². The number of imidazole rings is 1. The van der Waals surface area contributed by atoms with Crippen molar-refractivity contribution < 1.29 is 9.90 Å². The number of aryl methyl sites for hydroxylation is 1. The fourth-order valence-electron chi connectivity index (χ4n) is 2.81. The second-order valence-corrected chi connectivity index (χ2v) is 5.60. The molecule has 2 aromatic heterocycles. The molecule has 0 aliphatic carbocycles. The van der Waals surface area contributed by atoms with Gasteiger partial charge >= 0.3 is 5.97 Å². The summed E-state index contributed by atoms with van der Waals surface area (Å²) in [5.41, 5.74) is 3.25. The molecule has 1 N–H and O–H groups in total. The summed E-state index contributed by atoms with van der Waals surface area (Å²) in [6, 6.07) is 4.09. The number of aliphatic carboxylic acids is 1. The van der Waals surface area contributed by atoms with E-state index in [4.69, 9.17) is 5.11 Å². The minimum Gasteiger partial charge on any atom is -0.480 e. The summed E-state index contributed by atoms with van der Waals surface area (Å²) in [5.74, 6) is -0.751. The van der Waals surface area contributed by atoms with Crippen LogP contribution < -0.4 is 0 Å². The van der Waals surface area contributed by atoms with Gasteiger partial charge in [-0.1, -0.05) is 6.07 Å². The van der Waals surface area contributed by atoms with Crippen molar-refractivity contribution in [2.45, 2.75) is 13.5 Å². The number of rotatable bonds is 4. The van der Waals surface area contributed by atoms with E-state index in [1.807, 2.05) is 17.2 Å². The smallest absolute Gasteiger partial charge is 0.317 e. The topological polar surface area (TPSA) is 61.1 Å². The van der Waals surface area contributed by atoms with Crippen LogP contribution in [0.2, 0.25) is 0 Å². The van der Waals surface area contributed by atoms with Gasteiger partial charge in [-0.05, 0) is 18.6 Å². The van der Waals surface area contributed by atoms with Crippen LogP contribution in [-0.2, 0) is 11.3 Å². The Morgan fingerprint density at radius 3 is 2.67 bits per heavy atom. The number of pyridine rings is 1. The lowest BCUT2D eigenvalue weighted by molar-refractivity contribution is -0.138. The molecule has 1 aliphatic heterocycles. The molecule has 0 amide bonds. The Morgan fingerprint density at radius 1 is 1.29 bits per heavy atom. The maximum absolute atomic E-state index is 10.7. The monoisotopic (exact) mass is 288 g/mol. The SMILES string of the molecule is Cc1cccn2cc(CN3CCN(CC(=O)O)CC3)nc12. The second kappa shape index (κ2) is 5.83. The second-order valence-electron chi connectivity index (χ2n) is 5.60. The van der Waals surface area contributed by atoms with Crippen molar-refractivity contribution in [3.63, 3.8) is 0 Å². The number of aromatic nitrogens is 2. The molecule has 0 bridgehead atoms. The van der Waals surface area contributed by atoms with E-state index in [9.17, 15) is 4.79 Å². The molecule has 0 saturated carbocycles. The van der Waals surface area contributed by atoms with E-state index in [0.29, 0.717) is 0 Å². The van der Waals surface area contributed by atoms with Gasteiger partial charge in [0.15, 0.2) is 0 Å². The van der Waals surface area contributed by atoms with Crippen molar-refractivity contribution in [2.24, 2.45) is 0 Å². The Bertz CT molecular complexity index is 644. The number of carboxylic acids is 1. The number of fused-ring (bicyclic) bond motifs is 1. The third-order valence-electron chi connectivity index (χ3n) is 3.94. The summed E-state index contributed by atoms with van der Waals surface area (Å²) in [6.07, 6.45) is 4.09. The summed E-state index contributed by atoms with van der Waals surface area (Å²) in [7, 11) is 0. The number of carbonyl (C=O) groups is 1. The average molecular weight is 288 g/mol. The zero-order valence-corrected chi connectivity index (χ0v) is 12.2.